The van der Waals surface area contributed by atoms with E-state index in [9.17, 15) is 9.18 Å². The molecule has 3 rings (SSSR count). The molecule has 2 aromatic heterocycles. The summed E-state index contributed by atoms with van der Waals surface area (Å²) >= 11 is 6.09. The molecule has 0 radical (unpaired) electrons. The van der Waals surface area contributed by atoms with Crippen LogP contribution in [0.3, 0.4) is 0 Å². The lowest BCUT2D eigenvalue weighted by Crippen LogP contribution is -2.27. The molecule has 0 unspecified atom stereocenters. The highest BCUT2D eigenvalue weighted by Gasteiger charge is 2.27. The molecule has 2 heterocycles. The van der Waals surface area contributed by atoms with Gasteiger partial charge in [0.25, 0.3) is 5.91 Å². The normalized spacial score (nSPS) is 10.9. The van der Waals surface area contributed by atoms with Crippen molar-refractivity contribution in [3.63, 3.8) is 0 Å². The fourth-order valence-corrected chi connectivity index (χ4v) is 2.77. The van der Waals surface area contributed by atoms with Gasteiger partial charge in [0, 0.05) is 13.1 Å². The maximum absolute atomic E-state index is 14.2. The molecule has 0 fully saturated rings. The SMILES string of the molecule is Cc1cc(CN(C)C(=O)c2c(-c3c(F)cccc3Cl)noc2C)no1. The van der Waals surface area contributed by atoms with Crippen molar-refractivity contribution >= 4 is 17.5 Å². The van der Waals surface area contributed by atoms with Gasteiger partial charge in [0.2, 0.25) is 0 Å². The molecule has 25 heavy (non-hydrogen) atoms. The molecule has 0 saturated heterocycles. The van der Waals surface area contributed by atoms with Crippen LogP contribution in [0.5, 0.6) is 0 Å². The maximum Gasteiger partial charge on any atom is 0.259 e. The molecule has 0 atom stereocenters. The van der Waals surface area contributed by atoms with Crippen molar-refractivity contribution in [3.05, 3.63) is 57.9 Å². The summed E-state index contributed by atoms with van der Waals surface area (Å²) in [5, 5.41) is 7.85. The summed E-state index contributed by atoms with van der Waals surface area (Å²) in [5.41, 5.74) is 0.881. The molecule has 8 heteroatoms. The van der Waals surface area contributed by atoms with Crippen LogP contribution in [0.15, 0.2) is 33.3 Å². The van der Waals surface area contributed by atoms with E-state index in [1.807, 2.05) is 0 Å². The molecule has 0 aliphatic carbocycles. The Bertz CT molecular complexity index is 915. The average Bonchev–Trinajstić information content (AvgIpc) is 3.12. The summed E-state index contributed by atoms with van der Waals surface area (Å²) < 4.78 is 24.4. The highest BCUT2D eigenvalue weighted by molar-refractivity contribution is 6.33. The molecular weight excluding hydrogens is 349 g/mol. The van der Waals surface area contributed by atoms with Crippen LogP contribution in [0.2, 0.25) is 5.02 Å². The molecule has 130 valence electrons. The van der Waals surface area contributed by atoms with Gasteiger partial charge in [0.15, 0.2) is 0 Å². The Kier molecular flexibility index (Phi) is 4.59. The second-order valence-electron chi connectivity index (χ2n) is 5.65. The van der Waals surface area contributed by atoms with Crippen molar-refractivity contribution in [2.24, 2.45) is 0 Å². The lowest BCUT2D eigenvalue weighted by molar-refractivity contribution is 0.0781. The van der Waals surface area contributed by atoms with E-state index in [1.54, 1.807) is 27.0 Å². The van der Waals surface area contributed by atoms with Crippen LogP contribution < -0.4 is 0 Å². The highest BCUT2D eigenvalue weighted by Crippen LogP contribution is 2.34. The monoisotopic (exact) mass is 363 g/mol. The van der Waals surface area contributed by atoms with E-state index in [0.717, 1.165) is 0 Å². The van der Waals surface area contributed by atoms with Crippen molar-refractivity contribution in [3.8, 4) is 11.3 Å². The van der Waals surface area contributed by atoms with E-state index >= 15 is 0 Å². The van der Waals surface area contributed by atoms with Gasteiger partial charge < -0.3 is 13.9 Å². The Morgan fingerprint density at radius 2 is 2.04 bits per heavy atom. The number of hydrogen-bond acceptors (Lipinski definition) is 5. The Morgan fingerprint density at radius 1 is 1.28 bits per heavy atom. The third-order valence-electron chi connectivity index (χ3n) is 3.70. The number of aryl methyl sites for hydroxylation is 2. The van der Waals surface area contributed by atoms with Gasteiger partial charge in [0.05, 0.1) is 17.1 Å². The van der Waals surface area contributed by atoms with Crippen LogP contribution in [0.1, 0.15) is 27.6 Å². The molecular formula is C17H15ClFN3O3. The van der Waals surface area contributed by atoms with Gasteiger partial charge in [-0.05, 0) is 26.0 Å². The minimum Gasteiger partial charge on any atom is -0.361 e. The van der Waals surface area contributed by atoms with Crippen LogP contribution in [0.4, 0.5) is 4.39 Å². The predicted octanol–water partition coefficient (Wildman–Crippen LogP) is 4.01. The lowest BCUT2D eigenvalue weighted by atomic mass is 10.0. The number of nitrogens with zero attached hydrogens (tertiary/aromatic N) is 3. The average molecular weight is 364 g/mol. The Labute approximate surface area is 148 Å². The first-order valence-electron chi connectivity index (χ1n) is 7.46. The summed E-state index contributed by atoms with van der Waals surface area (Å²) in [7, 11) is 1.60. The summed E-state index contributed by atoms with van der Waals surface area (Å²) in [6.07, 6.45) is 0. The lowest BCUT2D eigenvalue weighted by Gasteiger charge is -2.16. The number of halogens is 2. The zero-order chi connectivity index (χ0) is 18.1. The topological polar surface area (TPSA) is 72.4 Å². The number of rotatable bonds is 4. The van der Waals surface area contributed by atoms with Crippen LogP contribution in [-0.4, -0.2) is 28.2 Å². The molecule has 1 amide bonds. The molecule has 6 nitrogen and oxygen atoms in total. The quantitative estimate of drug-likeness (QED) is 0.700. The highest BCUT2D eigenvalue weighted by atomic mass is 35.5. The van der Waals surface area contributed by atoms with Crippen molar-refractivity contribution in [2.45, 2.75) is 20.4 Å². The Morgan fingerprint density at radius 3 is 2.68 bits per heavy atom. The molecule has 0 spiro atoms. The van der Waals surface area contributed by atoms with E-state index in [1.165, 1.54) is 23.1 Å². The third kappa shape index (κ3) is 3.28. The van der Waals surface area contributed by atoms with Gasteiger partial charge in [0.1, 0.15) is 34.3 Å². The van der Waals surface area contributed by atoms with Crippen molar-refractivity contribution in [2.75, 3.05) is 7.05 Å². The largest absolute Gasteiger partial charge is 0.361 e. The first-order valence-corrected chi connectivity index (χ1v) is 7.84. The number of carbonyl (C=O) groups is 1. The smallest absolute Gasteiger partial charge is 0.259 e. The third-order valence-corrected chi connectivity index (χ3v) is 4.01. The van der Waals surface area contributed by atoms with Crippen LogP contribution in [-0.2, 0) is 6.54 Å². The first-order chi connectivity index (χ1) is 11.9. The van der Waals surface area contributed by atoms with Gasteiger partial charge in [-0.25, -0.2) is 4.39 Å². The second-order valence-corrected chi connectivity index (χ2v) is 6.06. The minimum atomic E-state index is -0.579. The van der Waals surface area contributed by atoms with Crippen LogP contribution in [0.25, 0.3) is 11.3 Å². The fraction of sp³-hybridized carbons (Fsp3) is 0.235. The van der Waals surface area contributed by atoms with Gasteiger partial charge in [-0.15, -0.1) is 0 Å². The van der Waals surface area contributed by atoms with Gasteiger partial charge >= 0.3 is 0 Å². The summed E-state index contributed by atoms with van der Waals surface area (Å²) in [4.78, 5) is 14.3. The second kappa shape index (κ2) is 6.68. The van der Waals surface area contributed by atoms with Gasteiger partial charge in [-0.2, -0.15) is 0 Å². The van der Waals surface area contributed by atoms with E-state index in [0.29, 0.717) is 11.5 Å². The molecule has 3 aromatic rings. The first kappa shape index (κ1) is 17.2. The molecule has 0 aliphatic heterocycles. The summed E-state index contributed by atoms with van der Waals surface area (Å²) in [6.45, 7) is 3.58. The zero-order valence-corrected chi connectivity index (χ0v) is 14.6. The number of aromatic nitrogens is 2. The minimum absolute atomic E-state index is 0.0371. The standard InChI is InChI=1S/C17H15ClFN3O3/c1-9-7-11(20-24-9)8-22(3)17(23)14-10(2)25-21-16(14)15-12(18)5-4-6-13(15)19/h4-7H,8H2,1-3H3. The number of benzene rings is 1. The Balaban J connectivity index is 1.97. The zero-order valence-electron chi connectivity index (χ0n) is 13.8. The maximum atomic E-state index is 14.2. The molecule has 0 aliphatic rings. The van der Waals surface area contributed by atoms with Crippen molar-refractivity contribution < 1.29 is 18.2 Å². The van der Waals surface area contributed by atoms with E-state index in [4.69, 9.17) is 20.6 Å². The van der Waals surface area contributed by atoms with E-state index in [-0.39, 0.29) is 40.1 Å². The van der Waals surface area contributed by atoms with Gasteiger partial charge in [-0.3, -0.25) is 4.79 Å². The van der Waals surface area contributed by atoms with Crippen molar-refractivity contribution in [1.29, 1.82) is 0 Å². The van der Waals surface area contributed by atoms with Gasteiger partial charge in [-0.1, -0.05) is 28.0 Å². The predicted molar refractivity (Wildman–Crippen MR) is 88.7 cm³/mol. The molecule has 1 aromatic carbocycles. The van der Waals surface area contributed by atoms with Crippen LogP contribution >= 0.6 is 11.6 Å². The number of hydrogen-bond donors (Lipinski definition) is 0. The molecule has 0 saturated carbocycles. The van der Waals surface area contributed by atoms with E-state index < -0.39 is 5.82 Å². The molecule has 0 N–H and O–H groups in total. The summed E-state index contributed by atoms with van der Waals surface area (Å²) in [5.74, 6) is -0.0308. The fourth-order valence-electron chi connectivity index (χ4n) is 2.52. The summed E-state index contributed by atoms with van der Waals surface area (Å²) in [6, 6.07) is 6.00. The Hall–Kier alpha value is -2.67. The van der Waals surface area contributed by atoms with Crippen molar-refractivity contribution in [1.82, 2.24) is 15.2 Å². The van der Waals surface area contributed by atoms with Crippen LogP contribution in [0, 0.1) is 19.7 Å². The number of amides is 1. The van der Waals surface area contributed by atoms with E-state index in [2.05, 4.69) is 10.3 Å². The molecule has 0 bridgehead atoms. The number of carbonyl (C=O) groups excluding carboxylic acids is 1.